The average Bonchev–Trinajstić information content (AvgIpc) is 3.70. The number of aryl methyl sites for hydroxylation is 4. The van der Waals surface area contributed by atoms with Gasteiger partial charge in [-0.1, -0.05) is 176 Å². The van der Waals surface area contributed by atoms with Crippen molar-refractivity contribution in [1.29, 1.82) is 0 Å². The first-order chi connectivity index (χ1) is 27.7. The monoisotopic (exact) mass is 774 g/mol. The maximum absolute atomic E-state index is 16.4. The molecule has 3 aliphatic carbocycles. The standard InChI is InChI=1S/C53H44O2P2/c1-35-17-5-13-25-49(35)56(54,50-26-14-6-18-36(50)2)39-29-31-43-41-21-9-11-23-45(41)53(47(43)33-39)46-24-12-10-22-42(46)44-32-30-40(34-48(44)53)57(55,51-27-15-7-19-37(51)3)52-28-16-8-20-38(52)4/h5-34,43,47H,1-4H3. The maximum Gasteiger partial charge on any atom is 0.171 e. The van der Waals surface area contributed by atoms with Gasteiger partial charge in [-0.3, -0.25) is 0 Å². The Bertz CT molecular complexity index is 2850. The summed E-state index contributed by atoms with van der Waals surface area (Å²) >= 11 is 0. The van der Waals surface area contributed by atoms with Gasteiger partial charge in [0.25, 0.3) is 0 Å². The number of fused-ring (bicyclic) bond motifs is 10. The summed E-state index contributed by atoms with van der Waals surface area (Å²) in [5, 5.41) is 5.20. The van der Waals surface area contributed by atoms with E-state index in [1.165, 1.54) is 22.3 Å². The van der Waals surface area contributed by atoms with Crippen LogP contribution in [0.15, 0.2) is 187 Å². The second kappa shape index (κ2) is 13.3. The summed E-state index contributed by atoms with van der Waals surface area (Å²) < 4.78 is 32.7. The number of benzene rings is 7. The van der Waals surface area contributed by atoms with Gasteiger partial charge in [0.15, 0.2) is 14.3 Å². The average molecular weight is 775 g/mol. The molecule has 1 spiro atoms. The minimum absolute atomic E-state index is 0.0503. The third-order valence-electron chi connectivity index (χ3n) is 13.1. The van der Waals surface area contributed by atoms with Crippen LogP contribution < -0.4 is 26.5 Å². The van der Waals surface area contributed by atoms with E-state index in [1.807, 2.05) is 48.5 Å². The molecular formula is C53H44O2P2. The highest BCUT2D eigenvalue weighted by molar-refractivity contribution is 7.85. The lowest BCUT2D eigenvalue weighted by Crippen LogP contribution is -2.35. The summed E-state index contributed by atoms with van der Waals surface area (Å²) in [5.74, 6) is -0.0421. The van der Waals surface area contributed by atoms with E-state index < -0.39 is 19.7 Å². The molecule has 7 aromatic rings. The molecule has 0 saturated carbocycles. The van der Waals surface area contributed by atoms with Crippen molar-refractivity contribution >= 4 is 40.8 Å². The van der Waals surface area contributed by atoms with E-state index in [9.17, 15) is 0 Å². The first-order valence-corrected chi connectivity index (χ1v) is 23.3. The molecule has 7 aromatic carbocycles. The minimum Gasteiger partial charge on any atom is -0.309 e. The Morgan fingerprint density at radius 3 is 1.47 bits per heavy atom. The third-order valence-corrected chi connectivity index (χ3v) is 19.8. The van der Waals surface area contributed by atoms with Gasteiger partial charge in [0.1, 0.15) is 0 Å². The van der Waals surface area contributed by atoms with Crippen molar-refractivity contribution < 1.29 is 9.13 Å². The summed E-state index contributed by atoms with van der Waals surface area (Å²) in [6, 6.07) is 57.1. The highest BCUT2D eigenvalue weighted by Crippen LogP contribution is 2.68. The van der Waals surface area contributed by atoms with Gasteiger partial charge >= 0.3 is 0 Å². The quantitative estimate of drug-likeness (QED) is 0.158. The summed E-state index contributed by atoms with van der Waals surface area (Å²) in [4.78, 5) is 0. The van der Waals surface area contributed by atoms with Crippen molar-refractivity contribution in [3.8, 4) is 11.1 Å². The van der Waals surface area contributed by atoms with E-state index >= 15 is 9.13 Å². The van der Waals surface area contributed by atoms with Crippen LogP contribution in [-0.4, -0.2) is 0 Å². The fourth-order valence-electron chi connectivity index (χ4n) is 10.5. The highest BCUT2D eigenvalue weighted by atomic mass is 31.2. The molecule has 0 amide bonds. The highest BCUT2D eigenvalue weighted by Gasteiger charge is 2.58. The predicted octanol–water partition coefficient (Wildman–Crippen LogP) is 11.1. The lowest BCUT2D eigenvalue weighted by Gasteiger charge is -2.38. The molecule has 0 N–H and O–H groups in total. The van der Waals surface area contributed by atoms with E-state index in [-0.39, 0.29) is 11.8 Å². The molecular weight excluding hydrogens is 731 g/mol. The van der Waals surface area contributed by atoms with Crippen molar-refractivity contribution in [3.63, 3.8) is 0 Å². The molecule has 0 heterocycles. The van der Waals surface area contributed by atoms with E-state index in [0.717, 1.165) is 65.2 Å². The van der Waals surface area contributed by atoms with Crippen LogP contribution in [0.2, 0.25) is 0 Å². The molecule has 0 saturated heterocycles. The Morgan fingerprint density at radius 1 is 0.456 bits per heavy atom. The topological polar surface area (TPSA) is 34.1 Å². The molecule has 2 nitrogen and oxygen atoms in total. The predicted molar refractivity (Wildman–Crippen MR) is 240 cm³/mol. The molecule has 57 heavy (non-hydrogen) atoms. The minimum atomic E-state index is -3.36. The molecule has 0 radical (unpaired) electrons. The summed E-state index contributed by atoms with van der Waals surface area (Å²) in [7, 11) is -6.70. The molecule has 3 aliphatic rings. The third kappa shape index (κ3) is 4.97. The van der Waals surface area contributed by atoms with Gasteiger partial charge in [-0.05, 0) is 89.4 Å². The molecule has 3 unspecified atom stereocenters. The van der Waals surface area contributed by atoms with Crippen LogP contribution in [0.5, 0.6) is 0 Å². The molecule has 3 atom stereocenters. The summed E-state index contributed by atoms with van der Waals surface area (Å²) in [5.41, 5.74) is 10.8. The number of rotatable bonds is 6. The van der Waals surface area contributed by atoms with Crippen LogP contribution in [0.3, 0.4) is 0 Å². The van der Waals surface area contributed by atoms with Crippen LogP contribution in [0.4, 0.5) is 0 Å². The number of hydrogen-bond acceptors (Lipinski definition) is 2. The van der Waals surface area contributed by atoms with Gasteiger partial charge in [-0.15, -0.1) is 0 Å². The van der Waals surface area contributed by atoms with Gasteiger partial charge in [0.2, 0.25) is 0 Å². The molecule has 0 bridgehead atoms. The summed E-state index contributed by atoms with van der Waals surface area (Å²) in [6.45, 7) is 8.31. The molecule has 0 aliphatic heterocycles. The van der Waals surface area contributed by atoms with Gasteiger partial charge < -0.3 is 9.13 Å². The molecule has 278 valence electrons. The zero-order chi connectivity index (χ0) is 39.1. The van der Waals surface area contributed by atoms with Gasteiger partial charge in [0.05, 0.1) is 5.41 Å². The second-order valence-electron chi connectivity index (χ2n) is 16.0. The van der Waals surface area contributed by atoms with Gasteiger partial charge in [-0.25, -0.2) is 0 Å². The van der Waals surface area contributed by atoms with Gasteiger partial charge in [0, 0.05) is 43.7 Å². The SMILES string of the molecule is Cc1ccccc1P(=O)(C1=CC2C(C=C1)c1ccccc1C21c2ccccc2-c2ccc(P(=O)(c3ccccc3C)c3ccccc3C)cc21)c1ccccc1C. The molecule has 4 heteroatoms. The summed E-state index contributed by atoms with van der Waals surface area (Å²) in [6.07, 6.45) is 6.87. The lowest BCUT2D eigenvalue weighted by atomic mass is 9.65. The van der Waals surface area contributed by atoms with Crippen molar-refractivity contribution in [2.75, 3.05) is 0 Å². The largest absolute Gasteiger partial charge is 0.309 e. The normalized spacial score (nSPS) is 19.1. The fourth-order valence-corrected chi connectivity index (χ4v) is 16.9. The van der Waals surface area contributed by atoms with Crippen molar-refractivity contribution in [3.05, 3.63) is 232 Å². The van der Waals surface area contributed by atoms with Crippen LogP contribution in [0.25, 0.3) is 11.1 Å². The van der Waals surface area contributed by atoms with E-state index in [1.54, 1.807) is 0 Å². The zero-order valence-electron chi connectivity index (χ0n) is 32.7. The molecule has 0 fully saturated rings. The maximum atomic E-state index is 16.4. The smallest absolute Gasteiger partial charge is 0.171 e. The van der Waals surface area contributed by atoms with E-state index in [4.69, 9.17) is 0 Å². The Labute approximate surface area is 336 Å². The Kier molecular flexibility index (Phi) is 8.35. The van der Waals surface area contributed by atoms with Crippen molar-refractivity contribution in [2.24, 2.45) is 5.92 Å². The Morgan fingerprint density at radius 2 is 0.912 bits per heavy atom. The first-order valence-electron chi connectivity index (χ1n) is 19.9. The van der Waals surface area contributed by atoms with Crippen molar-refractivity contribution in [2.45, 2.75) is 39.0 Å². The van der Waals surface area contributed by atoms with Gasteiger partial charge in [-0.2, -0.15) is 0 Å². The molecule has 10 rings (SSSR count). The fraction of sp³-hybridized carbons (Fsp3) is 0.132. The van der Waals surface area contributed by atoms with E-state index in [0.29, 0.717) is 0 Å². The molecule has 0 aromatic heterocycles. The van der Waals surface area contributed by atoms with E-state index in [2.05, 4.69) is 161 Å². The first kappa shape index (κ1) is 35.9. The second-order valence-corrected chi connectivity index (χ2v) is 21.4. The number of allylic oxidation sites excluding steroid dienone is 4. The Hall–Kier alpha value is -5.52. The van der Waals surface area contributed by atoms with Crippen LogP contribution in [-0.2, 0) is 14.5 Å². The van der Waals surface area contributed by atoms with Crippen LogP contribution in [0.1, 0.15) is 50.4 Å². The lowest BCUT2D eigenvalue weighted by molar-refractivity contribution is 0.464. The zero-order valence-corrected chi connectivity index (χ0v) is 34.5. The van der Waals surface area contributed by atoms with Crippen LogP contribution >= 0.6 is 14.3 Å². The number of hydrogen-bond donors (Lipinski definition) is 0. The van der Waals surface area contributed by atoms with Crippen molar-refractivity contribution in [1.82, 2.24) is 0 Å². The van der Waals surface area contributed by atoms with Crippen LogP contribution in [0, 0.1) is 33.6 Å². The Balaban J connectivity index is 1.28.